The number of hydrogen-bond donors (Lipinski definition) is 1. The minimum atomic E-state index is 0.510. The first-order valence-corrected chi connectivity index (χ1v) is 8.38. The fourth-order valence-corrected chi connectivity index (χ4v) is 4.07. The molecule has 0 saturated heterocycles. The summed E-state index contributed by atoms with van der Waals surface area (Å²) in [5, 5.41) is 4.73. The molecule has 0 aliphatic heterocycles. The number of benzene rings is 1. The lowest BCUT2D eigenvalue weighted by Gasteiger charge is -2.21. The van der Waals surface area contributed by atoms with Gasteiger partial charge in [0.05, 0.1) is 5.69 Å². The second-order valence-corrected chi connectivity index (χ2v) is 6.79. The van der Waals surface area contributed by atoms with Gasteiger partial charge in [-0.2, -0.15) is 0 Å². The average molecular weight is 337 g/mol. The lowest BCUT2D eigenvalue weighted by molar-refractivity contribution is 0.476. The van der Waals surface area contributed by atoms with Crippen molar-refractivity contribution in [3.05, 3.63) is 39.3 Å². The molecule has 1 atom stereocenters. The Morgan fingerprint density at radius 1 is 1.37 bits per heavy atom. The zero-order valence-electron chi connectivity index (χ0n) is 10.9. The van der Waals surface area contributed by atoms with Gasteiger partial charge < -0.3 is 5.32 Å². The SMILES string of the molecule is CCNC1CCCc2nc(-c3ccc(Br)cc3)sc21. The van der Waals surface area contributed by atoms with Gasteiger partial charge in [0.1, 0.15) is 5.01 Å². The molecule has 1 aromatic carbocycles. The predicted molar refractivity (Wildman–Crippen MR) is 84.6 cm³/mol. The maximum absolute atomic E-state index is 4.85. The van der Waals surface area contributed by atoms with Crippen LogP contribution in [0.4, 0.5) is 0 Å². The van der Waals surface area contributed by atoms with Gasteiger partial charge >= 0.3 is 0 Å². The highest BCUT2D eigenvalue weighted by Gasteiger charge is 2.24. The zero-order valence-corrected chi connectivity index (χ0v) is 13.4. The number of aryl methyl sites for hydroxylation is 1. The van der Waals surface area contributed by atoms with Crippen molar-refractivity contribution < 1.29 is 0 Å². The topological polar surface area (TPSA) is 24.9 Å². The summed E-state index contributed by atoms with van der Waals surface area (Å²) in [6.45, 7) is 3.20. The van der Waals surface area contributed by atoms with E-state index < -0.39 is 0 Å². The number of thiazole rings is 1. The van der Waals surface area contributed by atoms with Crippen LogP contribution in [0, 0.1) is 0 Å². The van der Waals surface area contributed by atoms with E-state index in [1.807, 2.05) is 11.3 Å². The summed E-state index contributed by atoms with van der Waals surface area (Å²) in [6, 6.07) is 8.94. The molecule has 3 rings (SSSR count). The van der Waals surface area contributed by atoms with Crippen LogP contribution in [0.3, 0.4) is 0 Å². The van der Waals surface area contributed by atoms with E-state index >= 15 is 0 Å². The van der Waals surface area contributed by atoms with Crippen LogP contribution in [0.15, 0.2) is 28.7 Å². The van der Waals surface area contributed by atoms with Gasteiger partial charge in [-0.1, -0.05) is 35.0 Å². The Bertz CT molecular complexity index is 562. The van der Waals surface area contributed by atoms with Gasteiger partial charge in [0.25, 0.3) is 0 Å². The number of nitrogens with one attached hydrogen (secondary N) is 1. The lowest BCUT2D eigenvalue weighted by atomic mass is 9.98. The maximum Gasteiger partial charge on any atom is 0.123 e. The molecule has 1 aromatic heterocycles. The Kier molecular flexibility index (Phi) is 4.01. The molecule has 0 bridgehead atoms. The van der Waals surface area contributed by atoms with Crippen molar-refractivity contribution in [2.45, 2.75) is 32.2 Å². The van der Waals surface area contributed by atoms with E-state index in [1.165, 1.54) is 29.0 Å². The number of halogens is 1. The van der Waals surface area contributed by atoms with E-state index in [9.17, 15) is 0 Å². The van der Waals surface area contributed by atoms with Crippen molar-refractivity contribution in [1.29, 1.82) is 0 Å². The molecule has 1 N–H and O–H groups in total. The number of aromatic nitrogens is 1. The fraction of sp³-hybridized carbons (Fsp3) is 0.400. The van der Waals surface area contributed by atoms with Crippen molar-refractivity contribution in [1.82, 2.24) is 10.3 Å². The Labute approximate surface area is 126 Å². The standard InChI is InChI=1S/C15H17BrN2S/c1-2-17-12-4-3-5-13-14(12)19-15(18-13)10-6-8-11(16)9-7-10/h6-9,12,17H,2-5H2,1H3. The molecule has 2 aromatic rings. The van der Waals surface area contributed by atoms with Crippen LogP contribution in [0.1, 0.15) is 36.4 Å². The molecule has 0 spiro atoms. The second kappa shape index (κ2) is 5.73. The Hall–Kier alpha value is -0.710. The molecule has 1 aliphatic rings. The first-order chi connectivity index (χ1) is 9.28. The molecule has 1 aliphatic carbocycles. The van der Waals surface area contributed by atoms with Crippen LogP contribution in [-0.2, 0) is 6.42 Å². The first kappa shape index (κ1) is 13.3. The molecule has 1 unspecified atom stereocenters. The average Bonchev–Trinajstić information content (AvgIpc) is 2.85. The van der Waals surface area contributed by atoms with Crippen molar-refractivity contribution in [2.24, 2.45) is 0 Å². The summed E-state index contributed by atoms with van der Waals surface area (Å²) in [5.41, 5.74) is 2.53. The maximum atomic E-state index is 4.85. The van der Waals surface area contributed by atoms with Crippen LogP contribution < -0.4 is 5.32 Å². The van der Waals surface area contributed by atoms with E-state index in [1.54, 1.807) is 0 Å². The van der Waals surface area contributed by atoms with Crippen molar-refractivity contribution >= 4 is 27.3 Å². The van der Waals surface area contributed by atoms with Gasteiger partial charge in [-0.05, 0) is 37.9 Å². The third-order valence-corrected chi connectivity index (χ3v) is 5.28. The van der Waals surface area contributed by atoms with Crippen LogP contribution in [0.2, 0.25) is 0 Å². The molecule has 4 heteroatoms. The summed E-state index contributed by atoms with van der Waals surface area (Å²) in [4.78, 5) is 6.30. The van der Waals surface area contributed by atoms with Crippen molar-refractivity contribution in [3.8, 4) is 10.6 Å². The van der Waals surface area contributed by atoms with Gasteiger partial charge in [0.15, 0.2) is 0 Å². The molecular formula is C15H17BrN2S. The van der Waals surface area contributed by atoms with E-state index in [0.29, 0.717) is 6.04 Å². The molecule has 0 radical (unpaired) electrons. The quantitative estimate of drug-likeness (QED) is 0.888. The lowest BCUT2D eigenvalue weighted by Crippen LogP contribution is -2.23. The highest BCUT2D eigenvalue weighted by Crippen LogP contribution is 2.38. The van der Waals surface area contributed by atoms with Gasteiger partial charge in [-0.25, -0.2) is 4.98 Å². The van der Waals surface area contributed by atoms with Crippen LogP contribution in [0.25, 0.3) is 10.6 Å². The Morgan fingerprint density at radius 2 is 2.16 bits per heavy atom. The van der Waals surface area contributed by atoms with E-state index in [0.717, 1.165) is 22.4 Å². The first-order valence-electron chi connectivity index (χ1n) is 6.77. The molecule has 0 fully saturated rings. The van der Waals surface area contributed by atoms with Crippen molar-refractivity contribution in [3.63, 3.8) is 0 Å². The van der Waals surface area contributed by atoms with Crippen LogP contribution in [-0.4, -0.2) is 11.5 Å². The number of hydrogen-bond acceptors (Lipinski definition) is 3. The third-order valence-electron chi connectivity index (χ3n) is 3.49. The van der Waals surface area contributed by atoms with E-state index in [2.05, 4.69) is 52.4 Å². The second-order valence-electron chi connectivity index (χ2n) is 4.84. The largest absolute Gasteiger partial charge is 0.309 e. The van der Waals surface area contributed by atoms with Gasteiger partial charge in [0, 0.05) is 21.0 Å². The Morgan fingerprint density at radius 3 is 2.89 bits per heavy atom. The van der Waals surface area contributed by atoms with Crippen molar-refractivity contribution in [2.75, 3.05) is 6.54 Å². The normalized spacial score (nSPS) is 18.3. The van der Waals surface area contributed by atoms with E-state index in [-0.39, 0.29) is 0 Å². The fourth-order valence-electron chi connectivity index (χ4n) is 2.58. The summed E-state index contributed by atoms with van der Waals surface area (Å²) in [7, 11) is 0. The number of rotatable bonds is 3. The van der Waals surface area contributed by atoms with Crippen LogP contribution in [0.5, 0.6) is 0 Å². The van der Waals surface area contributed by atoms with Gasteiger partial charge in [-0.3, -0.25) is 0 Å². The molecule has 2 nitrogen and oxygen atoms in total. The molecule has 0 amide bonds. The highest BCUT2D eigenvalue weighted by atomic mass is 79.9. The number of fused-ring (bicyclic) bond motifs is 1. The molecule has 100 valence electrons. The van der Waals surface area contributed by atoms with Gasteiger partial charge in [-0.15, -0.1) is 11.3 Å². The molecular weight excluding hydrogens is 320 g/mol. The summed E-state index contributed by atoms with van der Waals surface area (Å²) in [5.74, 6) is 0. The minimum absolute atomic E-state index is 0.510. The molecule has 1 heterocycles. The summed E-state index contributed by atoms with van der Waals surface area (Å²) < 4.78 is 1.11. The Balaban J connectivity index is 1.95. The predicted octanol–water partition coefficient (Wildman–Crippen LogP) is 4.56. The summed E-state index contributed by atoms with van der Waals surface area (Å²) >= 11 is 5.33. The molecule has 0 saturated carbocycles. The van der Waals surface area contributed by atoms with Gasteiger partial charge in [0.2, 0.25) is 0 Å². The molecule has 19 heavy (non-hydrogen) atoms. The van der Waals surface area contributed by atoms with Crippen LogP contribution >= 0.6 is 27.3 Å². The van der Waals surface area contributed by atoms with E-state index in [4.69, 9.17) is 4.98 Å². The third kappa shape index (κ3) is 2.76. The monoisotopic (exact) mass is 336 g/mol. The minimum Gasteiger partial charge on any atom is -0.309 e. The zero-order chi connectivity index (χ0) is 13.2. The summed E-state index contributed by atoms with van der Waals surface area (Å²) in [6.07, 6.45) is 3.61. The number of nitrogens with zero attached hydrogens (tertiary/aromatic N) is 1. The smallest absolute Gasteiger partial charge is 0.123 e. The highest BCUT2D eigenvalue weighted by molar-refractivity contribution is 9.10.